The Morgan fingerprint density at radius 2 is 1.83 bits per heavy atom. The van der Waals surface area contributed by atoms with Crippen LogP contribution in [0, 0.1) is 5.92 Å². The molecule has 0 radical (unpaired) electrons. The zero-order valence-corrected chi connectivity index (χ0v) is 18.6. The Labute approximate surface area is 179 Å². The van der Waals surface area contributed by atoms with E-state index in [1.807, 2.05) is 50.2 Å². The maximum Gasteiger partial charge on any atom is 0.410 e. The average molecular weight is 431 g/mol. The fourth-order valence-corrected chi connectivity index (χ4v) is 4.64. The van der Waals surface area contributed by atoms with E-state index in [9.17, 15) is 13.2 Å². The molecule has 1 N–H and O–H groups in total. The van der Waals surface area contributed by atoms with Crippen LogP contribution in [-0.4, -0.2) is 50.9 Å². The topological polar surface area (TPSA) is 75.7 Å². The highest BCUT2D eigenvalue weighted by Crippen LogP contribution is 2.26. The molecule has 1 aliphatic rings. The van der Waals surface area contributed by atoms with Crippen molar-refractivity contribution >= 4 is 16.1 Å². The highest BCUT2D eigenvalue weighted by atomic mass is 32.2. The second kappa shape index (κ2) is 9.62. The number of amides is 1. The number of sulfonamides is 1. The number of benzene rings is 2. The summed E-state index contributed by atoms with van der Waals surface area (Å²) in [6.45, 7) is 4.78. The lowest BCUT2D eigenvalue weighted by molar-refractivity contribution is 0.0866. The number of ether oxygens (including phenoxy) is 1. The van der Waals surface area contributed by atoms with E-state index in [4.69, 9.17) is 4.74 Å². The van der Waals surface area contributed by atoms with Gasteiger partial charge in [0.15, 0.2) is 0 Å². The van der Waals surface area contributed by atoms with Gasteiger partial charge in [-0.2, -0.15) is 0 Å². The second-order valence-electron chi connectivity index (χ2n) is 8.29. The lowest BCUT2D eigenvalue weighted by Gasteiger charge is -2.28. The lowest BCUT2D eigenvalue weighted by atomic mass is 9.97. The van der Waals surface area contributed by atoms with Crippen molar-refractivity contribution in [2.24, 2.45) is 5.92 Å². The van der Waals surface area contributed by atoms with Crippen LogP contribution in [0.15, 0.2) is 54.6 Å². The van der Waals surface area contributed by atoms with Gasteiger partial charge in [-0.15, -0.1) is 0 Å². The van der Waals surface area contributed by atoms with Gasteiger partial charge in [0.2, 0.25) is 10.0 Å². The van der Waals surface area contributed by atoms with Gasteiger partial charge in [-0.3, -0.25) is 0 Å². The summed E-state index contributed by atoms with van der Waals surface area (Å²) in [4.78, 5) is 14.3. The first-order chi connectivity index (χ1) is 14.2. The van der Waals surface area contributed by atoms with Crippen LogP contribution in [0.3, 0.4) is 0 Å². The van der Waals surface area contributed by atoms with Crippen molar-refractivity contribution in [2.75, 3.05) is 19.4 Å². The van der Waals surface area contributed by atoms with Crippen molar-refractivity contribution in [1.29, 1.82) is 0 Å². The summed E-state index contributed by atoms with van der Waals surface area (Å²) in [5.41, 5.74) is 3.25. The molecular weight excluding hydrogens is 400 g/mol. The molecule has 2 aromatic rings. The molecule has 1 fully saturated rings. The van der Waals surface area contributed by atoms with Gasteiger partial charge >= 0.3 is 6.09 Å². The molecule has 30 heavy (non-hydrogen) atoms. The van der Waals surface area contributed by atoms with Crippen molar-refractivity contribution in [3.8, 4) is 11.1 Å². The number of hydrogen-bond acceptors (Lipinski definition) is 4. The molecule has 1 aliphatic heterocycles. The molecule has 0 saturated carbocycles. The Kier molecular flexibility index (Phi) is 7.15. The Morgan fingerprint density at radius 1 is 1.13 bits per heavy atom. The highest BCUT2D eigenvalue weighted by molar-refractivity contribution is 7.88. The van der Waals surface area contributed by atoms with Gasteiger partial charge in [0.1, 0.15) is 0 Å². The molecule has 0 spiro atoms. The van der Waals surface area contributed by atoms with E-state index in [-0.39, 0.29) is 24.1 Å². The van der Waals surface area contributed by atoms with E-state index < -0.39 is 10.0 Å². The molecule has 1 saturated heterocycles. The summed E-state index contributed by atoms with van der Waals surface area (Å²) < 4.78 is 31.9. The Hall–Kier alpha value is -2.38. The summed E-state index contributed by atoms with van der Waals surface area (Å²) in [7, 11) is -3.39. The number of carbonyl (C=O) groups is 1. The average Bonchev–Trinajstić information content (AvgIpc) is 3.07. The maximum absolute atomic E-state index is 12.7. The minimum absolute atomic E-state index is 0.238. The van der Waals surface area contributed by atoms with E-state index in [1.165, 1.54) is 0 Å². The molecule has 0 unspecified atom stereocenters. The largest absolute Gasteiger partial charge is 0.449 e. The molecule has 0 aromatic heterocycles. The lowest BCUT2D eigenvalue weighted by Crippen LogP contribution is -2.47. The van der Waals surface area contributed by atoms with Gasteiger partial charge in [-0.05, 0) is 35.4 Å². The van der Waals surface area contributed by atoms with E-state index >= 15 is 0 Å². The second-order valence-corrected chi connectivity index (χ2v) is 10.1. The normalized spacial score (nSPS) is 19.3. The number of hydrogen-bond donors (Lipinski definition) is 1. The standard InChI is InChI=1S/C23H30N2O4S/c1-17(2)16-29-23(26)25-13-12-21(24-30(3,27)28)22(25)15-18-8-7-11-20(14-18)19-9-5-4-6-10-19/h4-11,14,17,21-22,24H,12-13,15-16H2,1-3H3/t21-,22-/m1/s1. The van der Waals surface area contributed by atoms with E-state index in [2.05, 4.69) is 22.9 Å². The van der Waals surface area contributed by atoms with Gasteiger partial charge in [0.25, 0.3) is 0 Å². The number of carbonyl (C=O) groups excluding carboxylic acids is 1. The zero-order valence-electron chi connectivity index (χ0n) is 17.7. The monoisotopic (exact) mass is 430 g/mol. The molecule has 2 aromatic carbocycles. The van der Waals surface area contributed by atoms with Crippen LogP contribution in [0.4, 0.5) is 4.79 Å². The van der Waals surface area contributed by atoms with Crippen molar-refractivity contribution in [1.82, 2.24) is 9.62 Å². The summed E-state index contributed by atoms with van der Waals surface area (Å²) in [5, 5.41) is 0. The van der Waals surface area contributed by atoms with Gasteiger partial charge in [0.05, 0.1) is 18.9 Å². The minimum atomic E-state index is -3.39. The molecule has 3 rings (SSSR count). The van der Waals surface area contributed by atoms with Crippen LogP contribution in [0.5, 0.6) is 0 Å². The van der Waals surface area contributed by atoms with Crippen LogP contribution in [-0.2, 0) is 21.2 Å². The minimum Gasteiger partial charge on any atom is -0.449 e. The van der Waals surface area contributed by atoms with Gasteiger partial charge in [0, 0.05) is 12.6 Å². The molecule has 2 atom stereocenters. The van der Waals surface area contributed by atoms with Crippen molar-refractivity contribution in [2.45, 2.75) is 38.8 Å². The van der Waals surface area contributed by atoms with Gasteiger partial charge in [-0.25, -0.2) is 17.9 Å². The van der Waals surface area contributed by atoms with E-state index in [0.29, 0.717) is 26.0 Å². The number of nitrogens with one attached hydrogen (secondary N) is 1. The van der Waals surface area contributed by atoms with Gasteiger partial charge in [-0.1, -0.05) is 68.4 Å². The molecule has 6 nitrogen and oxygen atoms in total. The summed E-state index contributed by atoms with van der Waals surface area (Å²) in [6.07, 6.45) is 1.88. The number of likely N-dealkylation sites (tertiary alicyclic amines) is 1. The molecule has 0 bridgehead atoms. The van der Waals surface area contributed by atoms with Gasteiger partial charge < -0.3 is 9.64 Å². The number of nitrogens with zero attached hydrogens (tertiary/aromatic N) is 1. The first kappa shape index (κ1) is 22.3. The first-order valence-corrected chi connectivity index (χ1v) is 12.2. The third-order valence-electron chi connectivity index (χ3n) is 5.16. The molecule has 162 valence electrons. The fraction of sp³-hybridized carbons (Fsp3) is 0.435. The van der Waals surface area contributed by atoms with Crippen LogP contribution in [0.25, 0.3) is 11.1 Å². The third-order valence-corrected chi connectivity index (χ3v) is 5.90. The van der Waals surface area contributed by atoms with Crippen LogP contribution >= 0.6 is 0 Å². The SMILES string of the molecule is CC(C)COC(=O)N1CC[C@@H](NS(C)(=O)=O)[C@H]1Cc1cccc(-c2ccccc2)c1. The maximum atomic E-state index is 12.7. The zero-order chi connectivity index (χ0) is 21.7. The number of rotatable bonds is 7. The quantitative estimate of drug-likeness (QED) is 0.727. The van der Waals surface area contributed by atoms with Crippen LogP contribution in [0.1, 0.15) is 25.8 Å². The highest BCUT2D eigenvalue weighted by Gasteiger charge is 2.39. The molecule has 7 heteroatoms. The fourth-order valence-electron chi connectivity index (χ4n) is 3.82. The predicted molar refractivity (Wildman–Crippen MR) is 119 cm³/mol. The molecule has 0 aliphatic carbocycles. The molecular formula is C23H30N2O4S. The first-order valence-electron chi connectivity index (χ1n) is 10.3. The Balaban J connectivity index is 1.83. The van der Waals surface area contributed by atoms with Crippen molar-refractivity contribution in [3.63, 3.8) is 0 Å². The van der Waals surface area contributed by atoms with Crippen LogP contribution < -0.4 is 4.72 Å². The van der Waals surface area contributed by atoms with E-state index in [0.717, 1.165) is 22.9 Å². The smallest absolute Gasteiger partial charge is 0.410 e. The molecule has 1 heterocycles. The summed E-state index contributed by atoms with van der Waals surface area (Å²) >= 11 is 0. The third kappa shape index (κ3) is 6.06. The van der Waals surface area contributed by atoms with E-state index in [1.54, 1.807) is 4.90 Å². The van der Waals surface area contributed by atoms with Crippen LogP contribution in [0.2, 0.25) is 0 Å². The van der Waals surface area contributed by atoms with Crippen molar-refractivity contribution < 1.29 is 17.9 Å². The Morgan fingerprint density at radius 3 is 2.50 bits per heavy atom. The summed E-state index contributed by atoms with van der Waals surface area (Å²) in [5.74, 6) is 0.238. The summed E-state index contributed by atoms with van der Waals surface area (Å²) in [6, 6.07) is 17.6. The molecule has 1 amide bonds. The van der Waals surface area contributed by atoms with Crippen molar-refractivity contribution in [3.05, 3.63) is 60.2 Å². The Bertz CT molecular complexity index is 960. The predicted octanol–water partition coefficient (Wildman–Crippen LogP) is 3.68.